The van der Waals surface area contributed by atoms with Crippen molar-refractivity contribution in [1.29, 1.82) is 0 Å². The first-order valence-electron chi connectivity index (χ1n) is 10.2. The van der Waals surface area contributed by atoms with E-state index in [9.17, 15) is 4.79 Å². The van der Waals surface area contributed by atoms with Crippen LogP contribution in [0.15, 0.2) is 29.4 Å². The molecule has 0 bridgehead atoms. The van der Waals surface area contributed by atoms with Crippen LogP contribution in [0.3, 0.4) is 0 Å². The van der Waals surface area contributed by atoms with Crippen molar-refractivity contribution in [3.8, 4) is 0 Å². The van der Waals surface area contributed by atoms with Crippen molar-refractivity contribution < 1.29 is 4.79 Å². The van der Waals surface area contributed by atoms with Gasteiger partial charge in [-0.05, 0) is 69.7 Å². The maximum Gasteiger partial charge on any atom is 0.224 e. The van der Waals surface area contributed by atoms with Gasteiger partial charge in [0, 0.05) is 22.8 Å². The number of rotatable bonds is 6. The molecule has 1 amide bonds. The van der Waals surface area contributed by atoms with Gasteiger partial charge in [-0.25, -0.2) is 4.98 Å². The summed E-state index contributed by atoms with van der Waals surface area (Å²) in [5, 5.41) is 6.63. The predicted molar refractivity (Wildman–Crippen MR) is 108 cm³/mol. The summed E-state index contributed by atoms with van der Waals surface area (Å²) in [7, 11) is 0. The van der Waals surface area contributed by atoms with Crippen LogP contribution in [0.2, 0.25) is 0 Å². The van der Waals surface area contributed by atoms with Gasteiger partial charge in [0.1, 0.15) is 5.82 Å². The van der Waals surface area contributed by atoms with Crippen molar-refractivity contribution in [1.82, 2.24) is 20.0 Å². The molecule has 0 radical (unpaired) electrons. The number of nitrogens with zero attached hydrogens (tertiary/aromatic N) is 2. The van der Waals surface area contributed by atoms with E-state index in [1.54, 1.807) is 0 Å². The molecule has 3 fully saturated rings. The van der Waals surface area contributed by atoms with E-state index >= 15 is 0 Å². The van der Waals surface area contributed by atoms with Crippen molar-refractivity contribution in [2.24, 2.45) is 23.7 Å². The summed E-state index contributed by atoms with van der Waals surface area (Å²) in [6, 6.07) is 4.28. The lowest BCUT2D eigenvalue weighted by atomic mass is 9.87. The number of thioether (sulfide) groups is 1. The fourth-order valence-electron chi connectivity index (χ4n) is 4.70. The Morgan fingerprint density at radius 2 is 2.15 bits per heavy atom. The Morgan fingerprint density at radius 1 is 1.37 bits per heavy atom. The van der Waals surface area contributed by atoms with Crippen molar-refractivity contribution in [3.63, 3.8) is 0 Å². The molecule has 0 spiro atoms. The topological polar surface area (TPSA) is 58.4 Å². The highest BCUT2D eigenvalue weighted by Gasteiger charge is 2.57. The standard InChI is InChI=1S/C21H28N4OS/c1-21(2,24-19(26)18-14-9-22-10-15(14)18)20-23-11-16-17(7-4-8-25(16)20)27-12-13-5-3-6-13/h4,7-8,11,13-15,18,22H,3,5-6,9-10,12H2,1-2H3,(H,24,26)/t14-,15+,18-. The van der Waals surface area contributed by atoms with Gasteiger partial charge in [0.2, 0.25) is 5.91 Å². The molecular weight excluding hydrogens is 356 g/mol. The fraction of sp³-hybridized carbons (Fsp3) is 0.619. The van der Waals surface area contributed by atoms with Crippen molar-refractivity contribution in [2.45, 2.75) is 43.5 Å². The number of pyridine rings is 1. The van der Waals surface area contributed by atoms with Gasteiger partial charge in [-0.3, -0.25) is 4.79 Å². The first-order valence-corrected chi connectivity index (χ1v) is 11.2. The zero-order valence-corrected chi connectivity index (χ0v) is 16.9. The Labute approximate surface area is 164 Å². The minimum Gasteiger partial charge on any atom is -0.344 e. The minimum absolute atomic E-state index is 0.184. The molecule has 5 rings (SSSR count). The summed E-state index contributed by atoms with van der Waals surface area (Å²) in [6.07, 6.45) is 8.16. The molecule has 2 N–H and O–H groups in total. The Balaban J connectivity index is 1.34. The van der Waals surface area contributed by atoms with Crippen LogP contribution in [0.4, 0.5) is 0 Å². The quantitative estimate of drug-likeness (QED) is 0.752. The number of amides is 1. The van der Waals surface area contributed by atoms with Gasteiger partial charge in [0.25, 0.3) is 0 Å². The number of nitrogens with one attached hydrogen (secondary N) is 2. The molecule has 5 nitrogen and oxygen atoms in total. The Hall–Kier alpha value is -1.53. The van der Waals surface area contributed by atoms with E-state index in [0.29, 0.717) is 11.8 Å². The van der Waals surface area contributed by atoms with Crippen LogP contribution in [0, 0.1) is 23.7 Å². The molecule has 2 aromatic heterocycles. The van der Waals surface area contributed by atoms with E-state index in [4.69, 9.17) is 4.98 Å². The molecule has 1 aliphatic heterocycles. The largest absolute Gasteiger partial charge is 0.344 e. The highest BCUT2D eigenvalue weighted by molar-refractivity contribution is 7.99. The first kappa shape index (κ1) is 17.6. The summed E-state index contributed by atoms with van der Waals surface area (Å²) in [4.78, 5) is 18.8. The number of aromatic nitrogens is 2. The van der Waals surface area contributed by atoms with Gasteiger partial charge in [0.05, 0.1) is 17.3 Å². The molecule has 2 aromatic rings. The molecule has 27 heavy (non-hydrogen) atoms. The highest BCUT2D eigenvalue weighted by Crippen LogP contribution is 2.49. The van der Waals surface area contributed by atoms with Gasteiger partial charge >= 0.3 is 0 Å². The minimum atomic E-state index is -0.495. The van der Waals surface area contributed by atoms with Crippen LogP contribution >= 0.6 is 11.8 Å². The number of carbonyl (C=O) groups excluding carboxylic acids is 1. The average Bonchev–Trinajstić information content (AvgIpc) is 2.96. The maximum absolute atomic E-state index is 12.8. The highest BCUT2D eigenvalue weighted by atomic mass is 32.2. The van der Waals surface area contributed by atoms with E-state index in [2.05, 4.69) is 47.2 Å². The summed E-state index contributed by atoms with van der Waals surface area (Å²) in [5.74, 6) is 4.41. The molecule has 3 heterocycles. The normalized spacial score (nSPS) is 27.4. The lowest BCUT2D eigenvalue weighted by Crippen LogP contribution is -2.44. The summed E-state index contributed by atoms with van der Waals surface area (Å²) < 4.78 is 2.15. The number of hydrogen-bond donors (Lipinski definition) is 2. The van der Waals surface area contributed by atoms with Crippen molar-refractivity contribution in [2.75, 3.05) is 18.8 Å². The molecule has 144 valence electrons. The van der Waals surface area contributed by atoms with E-state index in [0.717, 1.165) is 30.3 Å². The van der Waals surface area contributed by atoms with E-state index in [1.165, 1.54) is 29.9 Å². The molecule has 3 aliphatic rings. The molecule has 6 heteroatoms. The summed E-state index contributed by atoms with van der Waals surface area (Å²) >= 11 is 1.94. The third-order valence-corrected chi connectivity index (χ3v) is 7.91. The van der Waals surface area contributed by atoms with Gasteiger partial charge in [-0.1, -0.05) is 6.42 Å². The number of carbonyl (C=O) groups is 1. The lowest BCUT2D eigenvalue weighted by Gasteiger charge is -2.26. The lowest BCUT2D eigenvalue weighted by molar-refractivity contribution is -0.124. The second kappa shape index (κ2) is 6.52. The van der Waals surface area contributed by atoms with E-state index in [-0.39, 0.29) is 11.8 Å². The van der Waals surface area contributed by atoms with Gasteiger partial charge < -0.3 is 15.0 Å². The Bertz CT molecular complexity index is 862. The van der Waals surface area contributed by atoms with Gasteiger partial charge in [-0.2, -0.15) is 0 Å². The van der Waals surface area contributed by atoms with Gasteiger partial charge in [0.15, 0.2) is 0 Å². The fourth-order valence-corrected chi connectivity index (χ4v) is 5.92. The van der Waals surface area contributed by atoms with Crippen LogP contribution in [0.1, 0.15) is 38.9 Å². The van der Waals surface area contributed by atoms with Crippen LogP contribution < -0.4 is 10.6 Å². The van der Waals surface area contributed by atoms with Crippen molar-refractivity contribution in [3.05, 3.63) is 30.4 Å². The van der Waals surface area contributed by atoms with Crippen molar-refractivity contribution >= 4 is 23.2 Å². The smallest absolute Gasteiger partial charge is 0.224 e. The number of hydrogen-bond acceptors (Lipinski definition) is 4. The second-order valence-electron chi connectivity index (χ2n) is 8.94. The third-order valence-electron chi connectivity index (χ3n) is 6.62. The van der Waals surface area contributed by atoms with Crippen LogP contribution in [-0.2, 0) is 10.3 Å². The van der Waals surface area contributed by atoms with E-state index < -0.39 is 5.54 Å². The number of piperidine rings is 1. The SMILES string of the molecule is CC(C)(NC(=O)[C@@H]1[C@@H]2CNC[C@@H]21)c1ncc2c(SCC3CCC3)cccn12. The van der Waals surface area contributed by atoms with Crippen LogP contribution in [0.25, 0.3) is 5.52 Å². The molecule has 2 aliphatic carbocycles. The predicted octanol–water partition coefficient (Wildman–Crippen LogP) is 3.04. The summed E-state index contributed by atoms with van der Waals surface area (Å²) in [5.41, 5.74) is 0.650. The molecule has 3 atom stereocenters. The molecule has 0 unspecified atom stereocenters. The molecule has 2 saturated carbocycles. The van der Waals surface area contributed by atoms with Gasteiger partial charge in [-0.15, -0.1) is 11.8 Å². The third kappa shape index (κ3) is 3.07. The molecular formula is C21H28N4OS. The average molecular weight is 385 g/mol. The zero-order valence-electron chi connectivity index (χ0n) is 16.1. The van der Waals surface area contributed by atoms with E-state index in [1.807, 2.05) is 18.0 Å². The molecule has 1 saturated heterocycles. The van der Waals surface area contributed by atoms with Crippen LogP contribution in [-0.4, -0.2) is 34.1 Å². The number of imidazole rings is 1. The second-order valence-corrected chi connectivity index (χ2v) is 10.0. The number of fused-ring (bicyclic) bond motifs is 2. The maximum atomic E-state index is 12.8. The monoisotopic (exact) mass is 384 g/mol. The summed E-state index contributed by atoms with van der Waals surface area (Å²) in [6.45, 7) is 6.09. The van der Waals surface area contributed by atoms with Crippen LogP contribution in [0.5, 0.6) is 0 Å². The zero-order chi connectivity index (χ0) is 18.6. The molecule has 0 aromatic carbocycles. The first-order chi connectivity index (χ1) is 13.0. The Kier molecular flexibility index (Phi) is 4.24. The Morgan fingerprint density at radius 3 is 2.85 bits per heavy atom.